The second kappa shape index (κ2) is 7.74. The van der Waals surface area contributed by atoms with Crippen LogP contribution in [0.4, 0.5) is 0 Å². The Morgan fingerprint density at radius 2 is 2.11 bits per heavy atom. The summed E-state index contributed by atoms with van der Waals surface area (Å²) in [6.07, 6.45) is 10.5. The highest BCUT2D eigenvalue weighted by molar-refractivity contribution is 7.18. The molecule has 0 aromatic carbocycles. The minimum absolute atomic E-state index is 0.00286. The molecule has 2 aromatic rings. The van der Waals surface area contributed by atoms with Crippen LogP contribution in [0.1, 0.15) is 75.3 Å². The minimum Gasteiger partial charge on any atom is -0.461 e. The Labute approximate surface area is 163 Å². The maximum atomic E-state index is 13.3. The smallest absolute Gasteiger partial charge is 0.329 e. The first-order chi connectivity index (χ1) is 13.1. The molecule has 0 spiro atoms. The molecule has 27 heavy (non-hydrogen) atoms. The third kappa shape index (κ3) is 3.56. The molecule has 4 rings (SSSR count). The molecule has 0 saturated heterocycles. The number of nitrogens with zero attached hydrogens (tertiary/aromatic N) is 2. The standard InChI is InChI=1S/C21H28N2O3S/c1-3-16(21(25)26-14-7-5-4-6-8-14)23-12-22-19-18(20(23)24)15-10-9-13(2)11-17(15)27-19/h12-14,16H,3-11H2,1-2H3/t13-,16+/m0/s1. The van der Waals surface area contributed by atoms with Gasteiger partial charge in [0.05, 0.1) is 11.7 Å². The van der Waals surface area contributed by atoms with Crippen molar-refractivity contribution < 1.29 is 9.53 Å². The summed E-state index contributed by atoms with van der Waals surface area (Å²) in [5.41, 5.74) is 1.08. The summed E-state index contributed by atoms with van der Waals surface area (Å²) in [5, 5.41) is 0.730. The zero-order valence-electron chi connectivity index (χ0n) is 16.2. The molecule has 6 heteroatoms. The van der Waals surface area contributed by atoms with Gasteiger partial charge < -0.3 is 4.74 Å². The Balaban J connectivity index is 1.66. The summed E-state index contributed by atoms with van der Waals surface area (Å²) in [5.74, 6) is 0.368. The van der Waals surface area contributed by atoms with E-state index in [-0.39, 0.29) is 17.6 Å². The molecule has 0 bridgehead atoms. The molecule has 0 amide bonds. The van der Waals surface area contributed by atoms with E-state index in [1.165, 1.54) is 15.9 Å². The minimum atomic E-state index is -0.589. The van der Waals surface area contributed by atoms with Gasteiger partial charge in [-0.2, -0.15) is 0 Å². The Morgan fingerprint density at radius 1 is 1.33 bits per heavy atom. The average molecular weight is 389 g/mol. The lowest BCUT2D eigenvalue weighted by atomic mass is 9.89. The maximum absolute atomic E-state index is 13.3. The summed E-state index contributed by atoms with van der Waals surface area (Å²) in [4.78, 5) is 32.7. The van der Waals surface area contributed by atoms with E-state index in [0.717, 1.165) is 60.7 Å². The molecule has 1 saturated carbocycles. The van der Waals surface area contributed by atoms with Crippen molar-refractivity contribution in [3.63, 3.8) is 0 Å². The molecule has 0 unspecified atom stereocenters. The zero-order valence-corrected chi connectivity index (χ0v) is 17.0. The van der Waals surface area contributed by atoms with Crippen molar-refractivity contribution in [3.05, 3.63) is 27.1 Å². The highest BCUT2D eigenvalue weighted by Crippen LogP contribution is 2.35. The fourth-order valence-corrected chi connectivity index (χ4v) is 5.81. The monoisotopic (exact) mass is 388 g/mol. The topological polar surface area (TPSA) is 61.2 Å². The van der Waals surface area contributed by atoms with E-state index >= 15 is 0 Å². The molecule has 5 nitrogen and oxygen atoms in total. The van der Waals surface area contributed by atoms with Crippen LogP contribution in [-0.4, -0.2) is 21.6 Å². The van der Waals surface area contributed by atoms with Crippen LogP contribution < -0.4 is 5.56 Å². The fourth-order valence-electron chi connectivity index (χ4n) is 4.47. The molecular formula is C21H28N2O3S. The first kappa shape index (κ1) is 18.7. The van der Waals surface area contributed by atoms with Gasteiger partial charge in [0.1, 0.15) is 17.0 Å². The Bertz CT molecular complexity index is 895. The highest BCUT2D eigenvalue weighted by Gasteiger charge is 2.28. The van der Waals surface area contributed by atoms with Crippen LogP contribution in [0.3, 0.4) is 0 Å². The van der Waals surface area contributed by atoms with Gasteiger partial charge in [0.25, 0.3) is 5.56 Å². The van der Waals surface area contributed by atoms with E-state index in [1.807, 2.05) is 6.92 Å². The number of hydrogen-bond acceptors (Lipinski definition) is 5. The molecule has 2 aliphatic carbocycles. The molecule has 0 N–H and O–H groups in total. The van der Waals surface area contributed by atoms with Crippen LogP contribution >= 0.6 is 11.3 Å². The second-order valence-corrected chi connectivity index (χ2v) is 9.19. The number of fused-ring (bicyclic) bond motifs is 3. The van der Waals surface area contributed by atoms with Crippen LogP contribution in [0.15, 0.2) is 11.1 Å². The summed E-state index contributed by atoms with van der Waals surface area (Å²) < 4.78 is 7.26. The van der Waals surface area contributed by atoms with Gasteiger partial charge in [-0.05, 0) is 62.8 Å². The highest BCUT2D eigenvalue weighted by atomic mass is 32.1. The van der Waals surface area contributed by atoms with Gasteiger partial charge in [-0.25, -0.2) is 9.78 Å². The molecule has 2 aromatic heterocycles. The Morgan fingerprint density at radius 3 is 2.85 bits per heavy atom. The zero-order chi connectivity index (χ0) is 19.0. The van der Waals surface area contributed by atoms with Gasteiger partial charge in [0, 0.05) is 4.88 Å². The Kier molecular flexibility index (Phi) is 5.35. The number of hydrogen-bond donors (Lipinski definition) is 0. The lowest BCUT2D eigenvalue weighted by molar-refractivity contribution is -0.154. The van der Waals surface area contributed by atoms with E-state index in [0.29, 0.717) is 12.3 Å². The lowest BCUT2D eigenvalue weighted by Crippen LogP contribution is -2.33. The number of aryl methyl sites for hydroxylation is 1. The van der Waals surface area contributed by atoms with Gasteiger partial charge in [-0.3, -0.25) is 9.36 Å². The fraction of sp³-hybridized carbons (Fsp3) is 0.667. The van der Waals surface area contributed by atoms with Crippen LogP contribution in [-0.2, 0) is 22.4 Å². The number of ether oxygens (including phenoxy) is 1. The number of rotatable bonds is 4. The summed E-state index contributed by atoms with van der Waals surface area (Å²) in [6, 6.07) is -0.589. The molecule has 0 aliphatic heterocycles. The first-order valence-corrected chi connectivity index (χ1v) is 11.1. The molecule has 2 heterocycles. The largest absolute Gasteiger partial charge is 0.461 e. The molecular weight excluding hydrogens is 360 g/mol. The van der Waals surface area contributed by atoms with Gasteiger partial charge in [0.15, 0.2) is 0 Å². The number of esters is 1. The van der Waals surface area contributed by atoms with Crippen molar-refractivity contribution >= 4 is 27.5 Å². The van der Waals surface area contributed by atoms with Crippen molar-refractivity contribution in [2.75, 3.05) is 0 Å². The third-order valence-electron chi connectivity index (χ3n) is 6.07. The first-order valence-electron chi connectivity index (χ1n) is 10.3. The van der Waals surface area contributed by atoms with Crippen LogP contribution in [0, 0.1) is 5.92 Å². The molecule has 1 fully saturated rings. The van der Waals surface area contributed by atoms with Crippen molar-refractivity contribution in [2.24, 2.45) is 5.92 Å². The maximum Gasteiger partial charge on any atom is 0.329 e. The van der Waals surface area contributed by atoms with Crippen LogP contribution in [0.2, 0.25) is 0 Å². The predicted molar refractivity (Wildman–Crippen MR) is 107 cm³/mol. The second-order valence-electron chi connectivity index (χ2n) is 8.11. The van der Waals surface area contributed by atoms with Crippen molar-refractivity contribution in [2.45, 2.75) is 83.8 Å². The van der Waals surface area contributed by atoms with Gasteiger partial charge in [0.2, 0.25) is 0 Å². The van der Waals surface area contributed by atoms with Gasteiger partial charge in [-0.1, -0.05) is 20.3 Å². The molecule has 146 valence electrons. The number of carbonyl (C=O) groups is 1. The van der Waals surface area contributed by atoms with Crippen LogP contribution in [0.25, 0.3) is 10.2 Å². The molecule has 0 radical (unpaired) electrons. The average Bonchev–Trinajstić information content (AvgIpc) is 3.03. The third-order valence-corrected chi connectivity index (χ3v) is 7.23. The van der Waals surface area contributed by atoms with E-state index in [2.05, 4.69) is 11.9 Å². The predicted octanol–water partition coefficient (Wildman–Crippen LogP) is 4.41. The molecule has 2 aliphatic rings. The number of carbonyl (C=O) groups excluding carboxylic acids is 1. The van der Waals surface area contributed by atoms with Crippen molar-refractivity contribution in [1.82, 2.24) is 9.55 Å². The van der Waals surface area contributed by atoms with Crippen LogP contribution in [0.5, 0.6) is 0 Å². The number of thiophene rings is 1. The van der Waals surface area contributed by atoms with E-state index in [4.69, 9.17) is 4.74 Å². The van der Waals surface area contributed by atoms with E-state index in [1.54, 1.807) is 17.7 Å². The normalized spacial score (nSPS) is 21.8. The van der Waals surface area contributed by atoms with Gasteiger partial charge in [-0.15, -0.1) is 11.3 Å². The number of aromatic nitrogens is 2. The van der Waals surface area contributed by atoms with Crippen molar-refractivity contribution in [1.29, 1.82) is 0 Å². The SMILES string of the molecule is CC[C@H](C(=O)OC1CCCCC1)n1cnc2sc3c(c2c1=O)CC[C@H](C)C3. The van der Waals surface area contributed by atoms with E-state index < -0.39 is 6.04 Å². The summed E-state index contributed by atoms with van der Waals surface area (Å²) in [6.45, 7) is 4.18. The van der Waals surface area contributed by atoms with Crippen molar-refractivity contribution in [3.8, 4) is 0 Å². The summed E-state index contributed by atoms with van der Waals surface area (Å²) in [7, 11) is 0. The van der Waals surface area contributed by atoms with E-state index in [9.17, 15) is 9.59 Å². The quantitative estimate of drug-likeness (QED) is 0.728. The summed E-state index contributed by atoms with van der Waals surface area (Å²) >= 11 is 1.64. The Hall–Kier alpha value is -1.69. The molecule has 2 atom stereocenters. The van der Waals surface area contributed by atoms with Gasteiger partial charge >= 0.3 is 5.97 Å². The lowest BCUT2D eigenvalue weighted by Gasteiger charge is -2.25.